The van der Waals surface area contributed by atoms with Crippen LogP contribution in [0.1, 0.15) is 0 Å². The molecule has 0 unspecified atom stereocenters. The second kappa shape index (κ2) is 15.3. The van der Waals surface area contributed by atoms with E-state index < -0.39 is 0 Å². The molecule has 1 aliphatic heterocycles. The molecule has 296 valence electrons. The number of hydrogen-bond acceptors (Lipinski definition) is 3. The normalized spacial score (nSPS) is 11.6. The molecule has 3 heteroatoms. The first kappa shape index (κ1) is 36.5. The van der Waals surface area contributed by atoms with E-state index in [1.165, 1.54) is 49.4 Å². The molecule has 0 saturated carbocycles. The quantitative estimate of drug-likeness (QED) is 0.152. The van der Waals surface area contributed by atoms with Gasteiger partial charge in [0.1, 0.15) is 11.5 Å². The van der Waals surface area contributed by atoms with Crippen LogP contribution in [-0.4, -0.2) is 0 Å². The Kier molecular flexibility index (Phi) is 8.83. The molecular formula is C60H40N2O. The summed E-state index contributed by atoms with van der Waals surface area (Å²) in [6.07, 6.45) is 0. The number of nitrogens with zero attached hydrogens (tertiary/aromatic N) is 2. The minimum absolute atomic E-state index is 0.826. The molecule has 0 aromatic heterocycles. The Hall–Kier alpha value is -8.40. The minimum atomic E-state index is 0.826. The molecule has 11 aromatic carbocycles. The van der Waals surface area contributed by atoms with Crippen LogP contribution in [-0.2, 0) is 0 Å². The zero-order valence-electron chi connectivity index (χ0n) is 34.4. The number of rotatable bonds is 8. The fourth-order valence-corrected chi connectivity index (χ4v) is 9.47. The van der Waals surface area contributed by atoms with Crippen molar-refractivity contribution in [1.82, 2.24) is 0 Å². The predicted molar refractivity (Wildman–Crippen MR) is 265 cm³/mol. The van der Waals surface area contributed by atoms with Crippen molar-refractivity contribution in [2.24, 2.45) is 0 Å². The summed E-state index contributed by atoms with van der Waals surface area (Å²) in [6.45, 7) is 0. The molecule has 3 nitrogen and oxygen atoms in total. The van der Waals surface area contributed by atoms with Gasteiger partial charge in [-0.05, 0) is 121 Å². The number of benzene rings is 11. The Morgan fingerprint density at radius 3 is 1.25 bits per heavy atom. The molecule has 0 fully saturated rings. The molecule has 0 N–H and O–H groups in total. The van der Waals surface area contributed by atoms with Crippen LogP contribution in [0.4, 0.5) is 34.1 Å². The maximum atomic E-state index is 7.06. The smallest absolute Gasteiger partial charge is 0.138 e. The van der Waals surface area contributed by atoms with E-state index in [2.05, 4.69) is 252 Å². The largest absolute Gasteiger partial charge is 0.456 e. The van der Waals surface area contributed by atoms with Gasteiger partial charge in [-0.15, -0.1) is 0 Å². The lowest BCUT2D eigenvalue weighted by atomic mass is 9.93. The summed E-state index contributed by atoms with van der Waals surface area (Å²) in [5, 5.41) is 7.19. The summed E-state index contributed by atoms with van der Waals surface area (Å²) in [7, 11) is 0. The predicted octanol–water partition coefficient (Wildman–Crippen LogP) is 17.2. The average molecular weight is 805 g/mol. The lowest BCUT2D eigenvalue weighted by Gasteiger charge is -2.30. The maximum Gasteiger partial charge on any atom is 0.138 e. The van der Waals surface area contributed by atoms with Crippen LogP contribution in [0.25, 0.3) is 65.7 Å². The highest BCUT2D eigenvalue weighted by Gasteiger charge is 2.25. The minimum Gasteiger partial charge on any atom is -0.456 e. The van der Waals surface area contributed by atoms with Crippen LogP contribution in [0.15, 0.2) is 243 Å². The van der Waals surface area contributed by atoms with Crippen LogP contribution in [0, 0.1) is 0 Å². The van der Waals surface area contributed by atoms with Gasteiger partial charge in [0, 0.05) is 51.5 Å². The van der Waals surface area contributed by atoms with Gasteiger partial charge in [-0.2, -0.15) is 0 Å². The van der Waals surface area contributed by atoms with Crippen molar-refractivity contribution in [3.8, 4) is 44.9 Å². The van der Waals surface area contributed by atoms with Crippen molar-refractivity contribution < 1.29 is 4.74 Å². The van der Waals surface area contributed by atoms with E-state index in [9.17, 15) is 0 Å². The third kappa shape index (κ3) is 6.46. The van der Waals surface area contributed by atoms with Crippen LogP contribution in [0.5, 0.6) is 11.5 Å². The van der Waals surface area contributed by atoms with Gasteiger partial charge in [0.2, 0.25) is 0 Å². The van der Waals surface area contributed by atoms with Crippen molar-refractivity contribution in [2.45, 2.75) is 0 Å². The van der Waals surface area contributed by atoms with E-state index in [4.69, 9.17) is 4.74 Å². The van der Waals surface area contributed by atoms with E-state index in [0.29, 0.717) is 0 Å². The Morgan fingerprint density at radius 2 is 0.683 bits per heavy atom. The van der Waals surface area contributed by atoms with Crippen molar-refractivity contribution in [3.05, 3.63) is 243 Å². The number of anilines is 6. The van der Waals surface area contributed by atoms with Gasteiger partial charge in [0.25, 0.3) is 0 Å². The molecular weight excluding hydrogens is 765 g/mol. The molecule has 12 rings (SSSR count). The molecule has 1 heterocycles. The van der Waals surface area contributed by atoms with E-state index in [1.807, 2.05) is 0 Å². The first-order chi connectivity index (χ1) is 31.2. The highest BCUT2D eigenvalue weighted by Crippen LogP contribution is 2.51. The van der Waals surface area contributed by atoms with Gasteiger partial charge in [-0.3, -0.25) is 0 Å². The van der Waals surface area contributed by atoms with Gasteiger partial charge in [0.05, 0.1) is 5.69 Å². The van der Waals surface area contributed by atoms with Crippen LogP contribution < -0.4 is 14.5 Å². The van der Waals surface area contributed by atoms with Gasteiger partial charge < -0.3 is 14.5 Å². The monoisotopic (exact) mass is 804 g/mol. The molecule has 11 aromatic rings. The summed E-state index contributed by atoms with van der Waals surface area (Å²) in [5.41, 5.74) is 13.4. The number of fused-ring (bicyclic) bond motifs is 4. The highest BCUT2D eigenvalue weighted by atomic mass is 16.5. The van der Waals surface area contributed by atoms with Gasteiger partial charge in [-0.1, -0.05) is 164 Å². The lowest BCUT2D eigenvalue weighted by Crippen LogP contribution is -2.11. The first-order valence-corrected chi connectivity index (χ1v) is 21.5. The van der Waals surface area contributed by atoms with Crippen LogP contribution in [0.3, 0.4) is 0 Å². The zero-order valence-corrected chi connectivity index (χ0v) is 34.4. The van der Waals surface area contributed by atoms with E-state index in [-0.39, 0.29) is 0 Å². The summed E-state index contributed by atoms with van der Waals surface area (Å²) < 4.78 is 7.06. The van der Waals surface area contributed by atoms with E-state index >= 15 is 0 Å². The summed E-state index contributed by atoms with van der Waals surface area (Å²) in [5.74, 6) is 1.66. The third-order valence-corrected chi connectivity index (χ3v) is 12.4. The molecule has 0 bridgehead atoms. The number of ether oxygens (including phenoxy) is 1. The molecule has 0 saturated heterocycles. The number of para-hydroxylation sites is 2. The summed E-state index contributed by atoms with van der Waals surface area (Å²) >= 11 is 0. The SMILES string of the molecule is c1ccc(N(c2ccccc2)c2ccc3c(c2)Oc2cc(N(c4ccc(-c5cccc6ccccc56)cc4)c4ccc(-c5cccc6ccccc56)cc4)cc4cccc-3c24)cc1. The van der Waals surface area contributed by atoms with Crippen LogP contribution >= 0.6 is 0 Å². The lowest BCUT2D eigenvalue weighted by molar-refractivity contribution is 0.487. The zero-order chi connectivity index (χ0) is 41.7. The highest BCUT2D eigenvalue weighted by molar-refractivity contribution is 6.07. The fraction of sp³-hybridized carbons (Fsp3) is 0. The fourth-order valence-electron chi connectivity index (χ4n) is 9.47. The molecule has 0 aliphatic carbocycles. The second-order valence-corrected chi connectivity index (χ2v) is 16.1. The first-order valence-electron chi connectivity index (χ1n) is 21.5. The molecule has 1 aliphatic rings. The van der Waals surface area contributed by atoms with E-state index in [1.54, 1.807) is 0 Å². The average Bonchev–Trinajstić information content (AvgIpc) is 3.35. The standard InChI is InChI=1S/C60H40N2O/c1-3-19-46(20-4-1)61(47-21-5-2-6-22-47)50-36-37-56-57-27-13-18-45-38-51(40-59(60(45)57)63-58(56)39-50)62(48-32-28-43(29-33-48)54-25-11-16-41-14-7-9-23-52(41)54)49-34-30-44(31-35-49)55-26-12-17-42-15-8-10-24-53(42)55/h1-40H. The van der Waals surface area contributed by atoms with E-state index in [0.717, 1.165) is 62.0 Å². The maximum absolute atomic E-state index is 7.06. The van der Waals surface area contributed by atoms with Crippen molar-refractivity contribution in [1.29, 1.82) is 0 Å². The molecule has 0 radical (unpaired) electrons. The Morgan fingerprint density at radius 1 is 0.254 bits per heavy atom. The van der Waals surface area contributed by atoms with Crippen molar-refractivity contribution in [2.75, 3.05) is 9.80 Å². The third-order valence-electron chi connectivity index (χ3n) is 12.4. The Labute approximate surface area is 367 Å². The van der Waals surface area contributed by atoms with Gasteiger partial charge in [0.15, 0.2) is 0 Å². The molecule has 0 amide bonds. The topological polar surface area (TPSA) is 15.7 Å². The number of hydrogen-bond donors (Lipinski definition) is 0. The molecule has 0 atom stereocenters. The Balaban J connectivity index is 0.985. The van der Waals surface area contributed by atoms with Gasteiger partial charge in [-0.25, -0.2) is 0 Å². The molecule has 63 heavy (non-hydrogen) atoms. The van der Waals surface area contributed by atoms with Crippen molar-refractivity contribution in [3.63, 3.8) is 0 Å². The van der Waals surface area contributed by atoms with Crippen LogP contribution in [0.2, 0.25) is 0 Å². The molecule has 0 spiro atoms. The summed E-state index contributed by atoms with van der Waals surface area (Å²) in [4.78, 5) is 4.63. The van der Waals surface area contributed by atoms with Crippen molar-refractivity contribution >= 4 is 66.4 Å². The summed E-state index contributed by atoms with van der Waals surface area (Å²) in [6, 6.07) is 86.9. The Bertz CT molecular complexity index is 3300. The van der Waals surface area contributed by atoms with Gasteiger partial charge >= 0.3 is 0 Å². The second-order valence-electron chi connectivity index (χ2n) is 16.1.